The number of hydrogen-bond acceptors (Lipinski definition) is 6. The van der Waals surface area contributed by atoms with Crippen molar-refractivity contribution in [1.29, 1.82) is 0 Å². The molecule has 2 fully saturated rings. The summed E-state index contributed by atoms with van der Waals surface area (Å²) in [6, 6.07) is 7.10. The molecule has 168 valence electrons. The molecule has 4 heterocycles. The zero-order chi connectivity index (χ0) is 22.1. The lowest BCUT2D eigenvalue weighted by atomic mass is 10.2. The van der Waals surface area contributed by atoms with Gasteiger partial charge in [-0.2, -0.15) is 5.10 Å². The quantitative estimate of drug-likeness (QED) is 0.613. The Kier molecular flexibility index (Phi) is 5.60. The smallest absolute Gasteiger partial charge is 0.319 e. The van der Waals surface area contributed by atoms with Crippen molar-refractivity contribution < 1.29 is 13.9 Å². The summed E-state index contributed by atoms with van der Waals surface area (Å²) < 4.78 is 20.7. The number of benzene rings is 1. The van der Waals surface area contributed by atoms with E-state index in [-0.39, 0.29) is 24.8 Å². The molecule has 0 aliphatic carbocycles. The summed E-state index contributed by atoms with van der Waals surface area (Å²) in [6.07, 6.45) is 4.26. The molecule has 2 saturated heterocycles. The molecular weight excluding hydrogens is 413 g/mol. The number of morpholine rings is 1. The number of rotatable bonds is 6. The van der Waals surface area contributed by atoms with Crippen LogP contribution in [0.1, 0.15) is 19.8 Å². The van der Waals surface area contributed by atoms with Crippen LogP contribution < -0.4 is 15.5 Å². The number of carbonyl (C=O) groups is 1. The molecule has 2 bridgehead atoms. The number of aryl methyl sites for hydroxylation is 1. The van der Waals surface area contributed by atoms with Crippen LogP contribution in [0, 0.1) is 0 Å². The van der Waals surface area contributed by atoms with Gasteiger partial charge in [-0.25, -0.2) is 23.8 Å². The van der Waals surface area contributed by atoms with Gasteiger partial charge in [-0.05, 0) is 44.0 Å². The predicted molar refractivity (Wildman–Crippen MR) is 120 cm³/mol. The number of nitrogens with one attached hydrogen (secondary N) is 2. The van der Waals surface area contributed by atoms with Crippen LogP contribution in [0.15, 0.2) is 30.5 Å². The lowest BCUT2D eigenvalue weighted by molar-refractivity contribution is 0.0303. The van der Waals surface area contributed by atoms with Crippen LogP contribution in [-0.2, 0) is 11.3 Å². The van der Waals surface area contributed by atoms with E-state index in [4.69, 9.17) is 14.7 Å². The number of alkyl halides is 1. The van der Waals surface area contributed by atoms with Gasteiger partial charge < -0.3 is 20.3 Å². The van der Waals surface area contributed by atoms with Crippen LogP contribution >= 0.6 is 0 Å². The summed E-state index contributed by atoms with van der Waals surface area (Å²) in [5.41, 5.74) is 2.10. The molecular formula is C22H26FN7O2. The second-order valence-corrected chi connectivity index (χ2v) is 8.09. The number of amides is 2. The van der Waals surface area contributed by atoms with E-state index >= 15 is 0 Å². The molecule has 2 aliphatic rings. The van der Waals surface area contributed by atoms with E-state index in [9.17, 15) is 9.18 Å². The standard InChI is InChI=1S/C22H26FN7O2/c1-2-24-22(31)26-15-5-3-14(4-6-15)19-27-20(29-12-16-7-8-17(13-29)32-16)18-11-25-30(10-9-23)21(18)28-19/h3-6,11,16-17H,2,7-10,12-13H2,1H3,(H2,24,26,31). The number of ether oxygens (including phenoxy) is 1. The van der Waals surface area contributed by atoms with Gasteiger partial charge in [-0.15, -0.1) is 0 Å². The number of anilines is 2. The number of hydrogen-bond donors (Lipinski definition) is 2. The zero-order valence-electron chi connectivity index (χ0n) is 17.9. The first-order valence-corrected chi connectivity index (χ1v) is 11.0. The highest BCUT2D eigenvalue weighted by molar-refractivity contribution is 5.90. The van der Waals surface area contributed by atoms with E-state index in [0.29, 0.717) is 23.7 Å². The summed E-state index contributed by atoms with van der Waals surface area (Å²) in [4.78, 5) is 23.6. The van der Waals surface area contributed by atoms with Gasteiger partial charge in [0, 0.05) is 30.9 Å². The molecule has 0 saturated carbocycles. The van der Waals surface area contributed by atoms with Gasteiger partial charge in [0.05, 0.1) is 30.3 Å². The third-order valence-corrected chi connectivity index (χ3v) is 5.85. The van der Waals surface area contributed by atoms with E-state index in [1.807, 2.05) is 31.2 Å². The fourth-order valence-electron chi connectivity index (χ4n) is 4.38. The van der Waals surface area contributed by atoms with Crippen LogP contribution in [0.2, 0.25) is 0 Å². The predicted octanol–water partition coefficient (Wildman–Crippen LogP) is 2.97. The van der Waals surface area contributed by atoms with Crippen molar-refractivity contribution in [3.05, 3.63) is 30.5 Å². The summed E-state index contributed by atoms with van der Waals surface area (Å²) in [7, 11) is 0. The molecule has 3 aromatic rings. The minimum atomic E-state index is -0.520. The maximum absolute atomic E-state index is 13.1. The number of fused-ring (bicyclic) bond motifs is 3. The first kappa shape index (κ1) is 20.6. The van der Waals surface area contributed by atoms with Gasteiger partial charge in [0.2, 0.25) is 0 Å². The van der Waals surface area contributed by atoms with Gasteiger partial charge in [0.1, 0.15) is 12.5 Å². The first-order valence-electron chi connectivity index (χ1n) is 11.0. The first-order chi connectivity index (χ1) is 15.6. The second kappa shape index (κ2) is 8.70. The Hall–Kier alpha value is -3.27. The normalized spacial score (nSPS) is 20.0. The summed E-state index contributed by atoms with van der Waals surface area (Å²) in [6.45, 7) is 3.58. The van der Waals surface area contributed by atoms with Crippen LogP contribution in [0.25, 0.3) is 22.4 Å². The number of urea groups is 1. The van der Waals surface area contributed by atoms with E-state index in [0.717, 1.165) is 42.7 Å². The Morgan fingerprint density at radius 2 is 1.94 bits per heavy atom. The van der Waals surface area contributed by atoms with Crippen molar-refractivity contribution in [2.24, 2.45) is 0 Å². The highest BCUT2D eigenvalue weighted by atomic mass is 19.1. The van der Waals surface area contributed by atoms with Crippen molar-refractivity contribution >= 4 is 28.6 Å². The van der Waals surface area contributed by atoms with Crippen molar-refractivity contribution in [3.63, 3.8) is 0 Å². The fraction of sp³-hybridized carbons (Fsp3) is 0.455. The molecule has 32 heavy (non-hydrogen) atoms. The third kappa shape index (κ3) is 3.97. The van der Waals surface area contributed by atoms with Crippen molar-refractivity contribution in [2.45, 2.75) is 38.5 Å². The number of aromatic nitrogens is 4. The van der Waals surface area contributed by atoms with E-state index in [2.05, 4.69) is 20.6 Å². The number of nitrogens with zero attached hydrogens (tertiary/aromatic N) is 5. The van der Waals surface area contributed by atoms with Gasteiger partial charge >= 0.3 is 6.03 Å². The molecule has 0 spiro atoms. The molecule has 2 aromatic heterocycles. The summed E-state index contributed by atoms with van der Waals surface area (Å²) in [5.74, 6) is 1.34. The van der Waals surface area contributed by atoms with Crippen LogP contribution in [-0.4, -0.2) is 64.3 Å². The molecule has 2 N–H and O–H groups in total. The third-order valence-electron chi connectivity index (χ3n) is 5.85. The van der Waals surface area contributed by atoms with Crippen LogP contribution in [0.3, 0.4) is 0 Å². The summed E-state index contributed by atoms with van der Waals surface area (Å²) >= 11 is 0. The maximum atomic E-state index is 13.1. The van der Waals surface area contributed by atoms with Crippen LogP contribution in [0.4, 0.5) is 20.7 Å². The minimum Gasteiger partial charge on any atom is -0.371 e. The Morgan fingerprint density at radius 3 is 2.62 bits per heavy atom. The fourth-order valence-corrected chi connectivity index (χ4v) is 4.38. The van der Waals surface area contributed by atoms with E-state index in [1.54, 1.807) is 10.9 Å². The van der Waals surface area contributed by atoms with Gasteiger partial charge in [-0.3, -0.25) is 0 Å². The molecule has 1 aromatic carbocycles. The Morgan fingerprint density at radius 1 is 1.19 bits per heavy atom. The summed E-state index contributed by atoms with van der Waals surface area (Å²) in [5, 5.41) is 10.7. The molecule has 2 aliphatic heterocycles. The molecule has 2 atom stereocenters. The second-order valence-electron chi connectivity index (χ2n) is 8.09. The molecule has 2 unspecified atom stereocenters. The molecule has 5 rings (SSSR count). The maximum Gasteiger partial charge on any atom is 0.319 e. The average molecular weight is 439 g/mol. The highest BCUT2D eigenvalue weighted by Crippen LogP contribution is 2.33. The monoisotopic (exact) mass is 439 g/mol. The van der Waals surface area contributed by atoms with Gasteiger partial charge in [0.25, 0.3) is 0 Å². The van der Waals surface area contributed by atoms with Crippen LogP contribution in [0.5, 0.6) is 0 Å². The Bertz CT molecular complexity index is 1110. The lowest BCUT2D eigenvalue weighted by Crippen LogP contribution is -2.43. The van der Waals surface area contributed by atoms with E-state index in [1.165, 1.54) is 0 Å². The largest absolute Gasteiger partial charge is 0.371 e. The van der Waals surface area contributed by atoms with E-state index < -0.39 is 6.67 Å². The average Bonchev–Trinajstić information content (AvgIpc) is 3.36. The minimum absolute atomic E-state index is 0.142. The highest BCUT2D eigenvalue weighted by Gasteiger charge is 2.35. The lowest BCUT2D eigenvalue weighted by Gasteiger charge is -2.33. The van der Waals surface area contributed by atoms with Gasteiger partial charge in [-0.1, -0.05) is 0 Å². The number of carbonyl (C=O) groups excluding carboxylic acids is 1. The Labute approximate surface area is 185 Å². The zero-order valence-corrected chi connectivity index (χ0v) is 17.9. The van der Waals surface area contributed by atoms with Crippen molar-refractivity contribution in [1.82, 2.24) is 25.1 Å². The number of halogens is 1. The van der Waals surface area contributed by atoms with Crippen molar-refractivity contribution in [3.8, 4) is 11.4 Å². The Balaban J connectivity index is 1.51. The molecule has 10 heteroatoms. The molecule has 9 nitrogen and oxygen atoms in total. The molecule has 0 radical (unpaired) electrons. The SMILES string of the molecule is CCNC(=O)Nc1ccc(-c2nc(N3CC4CCC(C3)O4)c3cnn(CCF)c3n2)cc1. The topological polar surface area (TPSA) is 97.2 Å². The van der Waals surface area contributed by atoms with Crippen molar-refractivity contribution in [2.75, 3.05) is 36.5 Å². The molecule has 2 amide bonds. The van der Waals surface area contributed by atoms with Gasteiger partial charge in [0.15, 0.2) is 11.5 Å².